The second-order valence-electron chi connectivity index (χ2n) is 7.16. The Labute approximate surface area is 172 Å². The summed E-state index contributed by atoms with van der Waals surface area (Å²) in [4.78, 5) is 43.3. The summed E-state index contributed by atoms with van der Waals surface area (Å²) in [6, 6.07) is 12.1. The number of methoxy groups -OCH3 is 1. The lowest BCUT2D eigenvalue weighted by molar-refractivity contribution is -0.149. The van der Waals surface area contributed by atoms with Crippen molar-refractivity contribution in [2.75, 3.05) is 18.6 Å². The number of para-hydroxylation sites is 2. The molecule has 0 spiro atoms. The fraction of sp³-hybridized carbons (Fsp3) is 0.273. The van der Waals surface area contributed by atoms with Gasteiger partial charge >= 0.3 is 5.97 Å². The van der Waals surface area contributed by atoms with Gasteiger partial charge in [0.15, 0.2) is 0 Å². The van der Waals surface area contributed by atoms with Gasteiger partial charge in [-0.3, -0.25) is 18.8 Å². The lowest BCUT2D eigenvalue weighted by Crippen LogP contribution is -2.27. The molecule has 0 aliphatic carbocycles. The van der Waals surface area contributed by atoms with Crippen LogP contribution in [0.3, 0.4) is 0 Å². The topological polar surface area (TPSA) is 90.2 Å². The van der Waals surface area contributed by atoms with E-state index in [1.807, 2.05) is 25.1 Å². The third kappa shape index (κ3) is 3.63. The van der Waals surface area contributed by atoms with Crippen LogP contribution in [-0.2, 0) is 20.9 Å². The number of benzene rings is 1. The molecule has 0 saturated carbocycles. The van der Waals surface area contributed by atoms with Gasteiger partial charge in [-0.1, -0.05) is 18.2 Å². The minimum atomic E-state index is -0.592. The van der Waals surface area contributed by atoms with E-state index in [2.05, 4.69) is 4.98 Å². The molecule has 1 aromatic carbocycles. The standard InChI is InChI=1S/C22H21N3O5/c1-14-6-5-9-24-20(27)11-16(23-21(14)24)13-30-22(28)15-10-19(26)25(12-15)17-7-3-4-8-18(17)29-2/h3-9,11,15H,10,12-13H2,1-2H3/t15-/m1/s1. The summed E-state index contributed by atoms with van der Waals surface area (Å²) in [6.45, 7) is 1.94. The van der Waals surface area contributed by atoms with Crippen LogP contribution in [0.5, 0.6) is 5.75 Å². The van der Waals surface area contributed by atoms with Crippen molar-refractivity contribution in [3.63, 3.8) is 0 Å². The lowest BCUT2D eigenvalue weighted by Gasteiger charge is -2.19. The van der Waals surface area contributed by atoms with Crippen molar-refractivity contribution in [3.05, 3.63) is 70.3 Å². The highest BCUT2D eigenvalue weighted by Gasteiger charge is 2.37. The second-order valence-corrected chi connectivity index (χ2v) is 7.16. The summed E-state index contributed by atoms with van der Waals surface area (Å²) >= 11 is 0. The van der Waals surface area contributed by atoms with Gasteiger partial charge in [-0.15, -0.1) is 0 Å². The smallest absolute Gasteiger partial charge is 0.311 e. The molecular formula is C22H21N3O5. The third-order valence-electron chi connectivity index (χ3n) is 5.14. The number of fused-ring (bicyclic) bond motifs is 1. The van der Waals surface area contributed by atoms with Crippen LogP contribution in [0.2, 0.25) is 0 Å². The first-order chi connectivity index (χ1) is 14.5. The molecule has 0 N–H and O–H groups in total. The summed E-state index contributed by atoms with van der Waals surface area (Å²) in [7, 11) is 1.53. The predicted octanol–water partition coefficient (Wildman–Crippen LogP) is 2.11. The van der Waals surface area contributed by atoms with Crippen molar-refractivity contribution >= 4 is 23.2 Å². The van der Waals surface area contributed by atoms with Gasteiger partial charge < -0.3 is 14.4 Å². The summed E-state index contributed by atoms with van der Waals surface area (Å²) in [6.07, 6.45) is 1.70. The number of aryl methyl sites for hydroxylation is 1. The number of anilines is 1. The fourth-order valence-electron chi connectivity index (χ4n) is 3.60. The van der Waals surface area contributed by atoms with E-state index in [1.54, 1.807) is 24.4 Å². The van der Waals surface area contributed by atoms with Gasteiger partial charge in [-0.2, -0.15) is 0 Å². The van der Waals surface area contributed by atoms with Crippen molar-refractivity contribution in [1.29, 1.82) is 0 Å². The van der Waals surface area contributed by atoms with Crippen molar-refractivity contribution in [3.8, 4) is 5.75 Å². The summed E-state index contributed by atoms with van der Waals surface area (Å²) in [5.74, 6) is -0.687. The molecule has 1 atom stereocenters. The van der Waals surface area contributed by atoms with E-state index in [-0.39, 0.29) is 31.0 Å². The molecule has 1 saturated heterocycles. The van der Waals surface area contributed by atoms with Crippen LogP contribution in [0, 0.1) is 12.8 Å². The molecule has 30 heavy (non-hydrogen) atoms. The fourth-order valence-corrected chi connectivity index (χ4v) is 3.60. The average molecular weight is 407 g/mol. The Bertz CT molecular complexity index is 1190. The number of nitrogens with zero attached hydrogens (tertiary/aromatic N) is 3. The number of hydrogen-bond acceptors (Lipinski definition) is 6. The maximum atomic E-state index is 12.6. The van der Waals surface area contributed by atoms with Gasteiger partial charge in [-0.05, 0) is 30.7 Å². The van der Waals surface area contributed by atoms with E-state index in [9.17, 15) is 14.4 Å². The molecule has 8 nitrogen and oxygen atoms in total. The molecule has 8 heteroatoms. The molecule has 2 aromatic heterocycles. The quantitative estimate of drug-likeness (QED) is 0.602. The number of amides is 1. The first-order valence-corrected chi connectivity index (χ1v) is 9.56. The first-order valence-electron chi connectivity index (χ1n) is 9.56. The van der Waals surface area contributed by atoms with Gasteiger partial charge in [0, 0.05) is 25.2 Å². The minimum Gasteiger partial charge on any atom is -0.495 e. The van der Waals surface area contributed by atoms with Crippen LogP contribution in [0.15, 0.2) is 53.5 Å². The Kier molecular flexibility index (Phi) is 5.22. The molecule has 0 unspecified atom stereocenters. The molecule has 3 aromatic rings. The zero-order chi connectivity index (χ0) is 21.3. The number of carbonyl (C=O) groups excluding carboxylic acids is 2. The monoisotopic (exact) mass is 407 g/mol. The van der Waals surface area contributed by atoms with E-state index in [4.69, 9.17) is 9.47 Å². The van der Waals surface area contributed by atoms with Crippen molar-refractivity contribution in [2.45, 2.75) is 20.0 Å². The molecule has 1 aliphatic heterocycles. The van der Waals surface area contributed by atoms with Gasteiger partial charge in [0.2, 0.25) is 5.91 Å². The summed E-state index contributed by atoms with van der Waals surface area (Å²) in [5.41, 5.74) is 2.12. The Morgan fingerprint density at radius 3 is 2.80 bits per heavy atom. The van der Waals surface area contributed by atoms with Gasteiger partial charge in [0.1, 0.15) is 18.0 Å². The minimum absolute atomic E-state index is 0.0593. The Balaban J connectivity index is 1.46. The highest BCUT2D eigenvalue weighted by atomic mass is 16.5. The molecule has 0 radical (unpaired) electrons. The third-order valence-corrected chi connectivity index (χ3v) is 5.14. The largest absolute Gasteiger partial charge is 0.495 e. The predicted molar refractivity (Wildman–Crippen MR) is 109 cm³/mol. The maximum absolute atomic E-state index is 12.6. The zero-order valence-electron chi connectivity index (χ0n) is 16.7. The van der Waals surface area contributed by atoms with Crippen LogP contribution in [0.4, 0.5) is 5.69 Å². The van der Waals surface area contributed by atoms with Gasteiger partial charge in [0.25, 0.3) is 5.56 Å². The highest BCUT2D eigenvalue weighted by molar-refractivity contribution is 6.00. The average Bonchev–Trinajstić information content (AvgIpc) is 3.14. The molecule has 154 valence electrons. The van der Waals surface area contributed by atoms with Crippen LogP contribution in [-0.4, -0.2) is 34.9 Å². The summed E-state index contributed by atoms with van der Waals surface area (Å²) in [5, 5.41) is 0. The van der Waals surface area contributed by atoms with E-state index < -0.39 is 11.9 Å². The number of esters is 1. The Morgan fingerprint density at radius 1 is 1.20 bits per heavy atom. The van der Waals surface area contributed by atoms with Gasteiger partial charge in [0.05, 0.1) is 24.4 Å². The number of ether oxygens (including phenoxy) is 2. The molecular weight excluding hydrogens is 386 g/mol. The number of rotatable bonds is 5. The van der Waals surface area contributed by atoms with E-state index in [1.165, 1.54) is 22.5 Å². The molecule has 1 amide bonds. The van der Waals surface area contributed by atoms with Crippen molar-refractivity contribution in [2.24, 2.45) is 5.92 Å². The molecule has 4 rings (SSSR count). The number of hydrogen-bond donors (Lipinski definition) is 0. The molecule has 1 aliphatic rings. The SMILES string of the molecule is COc1ccccc1N1C[C@H](C(=O)OCc2cc(=O)n3cccc(C)c3n2)CC1=O. The normalized spacial score (nSPS) is 16.1. The van der Waals surface area contributed by atoms with Crippen LogP contribution < -0.4 is 15.2 Å². The maximum Gasteiger partial charge on any atom is 0.311 e. The zero-order valence-corrected chi connectivity index (χ0v) is 16.7. The van der Waals surface area contributed by atoms with Crippen molar-refractivity contribution in [1.82, 2.24) is 9.38 Å². The van der Waals surface area contributed by atoms with E-state index in [0.717, 1.165) is 5.56 Å². The number of pyridine rings is 1. The Hall–Kier alpha value is -3.68. The van der Waals surface area contributed by atoms with Crippen molar-refractivity contribution < 1.29 is 19.1 Å². The molecule has 3 heterocycles. The highest BCUT2D eigenvalue weighted by Crippen LogP contribution is 2.33. The first kappa shape index (κ1) is 19.6. The Morgan fingerprint density at radius 2 is 2.00 bits per heavy atom. The lowest BCUT2D eigenvalue weighted by atomic mass is 10.1. The van der Waals surface area contributed by atoms with E-state index >= 15 is 0 Å². The molecule has 1 fully saturated rings. The molecule has 0 bridgehead atoms. The van der Waals surface area contributed by atoms with Gasteiger partial charge in [-0.25, -0.2) is 4.98 Å². The summed E-state index contributed by atoms with van der Waals surface area (Å²) < 4.78 is 12.1. The number of carbonyl (C=O) groups is 2. The van der Waals surface area contributed by atoms with Crippen LogP contribution in [0.1, 0.15) is 17.7 Å². The van der Waals surface area contributed by atoms with Crippen LogP contribution >= 0.6 is 0 Å². The number of aromatic nitrogens is 2. The van der Waals surface area contributed by atoms with E-state index in [0.29, 0.717) is 22.8 Å². The van der Waals surface area contributed by atoms with Crippen LogP contribution in [0.25, 0.3) is 5.65 Å². The second kappa shape index (κ2) is 7.98.